The van der Waals surface area contributed by atoms with Gasteiger partial charge in [-0.05, 0) is 52.6 Å². The Bertz CT molecular complexity index is 302. The van der Waals surface area contributed by atoms with E-state index in [1.807, 2.05) is 0 Å². The molecule has 0 radical (unpaired) electrons. The summed E-state index contributed by atoms with van der Waals surface area (Å²) < 4.78 is 1.23. The first-order valence-corrected chi connectivity index (χ1v) is 6.50. The van der Waals surface area contributed by atoms with Gasteiger partial charge >= 0.3 is 0 Å². The van der Waals surface area contributed by atoms with Crippen molar-refractivity contribution in [2.45, 2.75) is 39.2 Å². The lowest BCUT2D eigenvalue weighted by Gasteiger charge is -2.10. The molecule has 3 heteroatoms. The fourth-order valence-electron chi connectivity index (χ4n) is 1.68. The van der Waals surface area contributed by atoms with Crippen LogP contribution in [0.5, 0.6) is 0 Å². The summed E-state index contributed by atoms with van der Waals surface area (Å²) in [6, 6.07) is 6.32. The Morgan fingerprint density at radius 1 is 1.33 bits per heavy atom. The molecule has 2 N–H and O–H groups in total. The largest absolute Gasteiger partial charge is 0.316 e. The highest BCUT2D eigenvalue weighted by molar-refractivity contribution is 14.1. The molecule has 2 nitrogen and oxygen atoms in total. The topological polar surface area (TPSA) is 32.3 Å². The molecular weight excluding hydrogens is 301 g/mol. The summed E-state index contributed by atoms with van der Waals surface area (Å²) in [5.41, 5.74) is 4.84. The molecule has 0 fully saturated rings. The second-order valence-electron chi connectivity index (χ2n) is 3.67. The summed E-state index contributed by atoms with van der Waals surface area (Å²) in [7, 11) is 0. The Kier molecular flexibility index (Phi) is 6.20. The van der Waals surface area contributed by atoms with E-state index in [9.17, 15) is 0 Å². The SMILES string of the molecule is CCCCCc1cccc(I)c1CNO. The van der Waals surface area contributed by atoms with Crippen LogP contribution in [0.15, 0.2) is 18.2 Å². The molecule has 1 aromatic carbocycles. The zero-order valence-corrected chi connectivity index (χ0v) is 11.3. The molecule has 0 aliphatic heterocycles. The van der Waals surface area contributed by atoms with Gasteiger partial charge in [-0.25, -0.2) is 5.48 Å². The van der Waals surface area contributed by atoms with Crippen molar-refractivity contribution >= 4 is 22.6 Å². The lowest BCUT2D eigenvalue weighted by Crippen LogP contribution is -2.10. The number of nitrogens with one attached hydrogen (secondary N) is 1. The molecule has 0 heterocycles. The van der Waals surface area contributed by atoms with E-state index in [2.05, 4.69) is 53.2 Å². The Labute approximate surface area is 105 Å². The third-order valence-electron chi connectivity index (χ3n) is 2.52. The Hall–Kier alpha value is -0.130. The third kappa shape index (κ3) is 4.09. The summed E-state index contributed by atoms with van der Waals surface area (Å²) in [6.45, 7) is 2.76. The standard InChI is InChI=1S/C12H18INO/c1-2-3-4-6-10-7-5-8-12(13)11(10)9-14-15/h5,7-8,14-15H,2-4,6,9H2,1H3. The van der Waals surface area contributed by atoms with E-state index in [-0.39, 0.29) is 0 Å². The number of benzene rings is 1. The first kappa shape index (κ1) is 12.9. The van der Waals surface area contributed by atoms with Gasteiger partial charge in [0.1, 0.15) is 0 Å². The molecule has 0 unspecified atom stereocenters. The molecule has 0 aliphatic rings. The Morgan fingerprint density at radius 3 is 2.80 bits per heavy atom. The van der Waals surface area contributed by atoms with Gasteiger partial charge in [0.25, 0.3) is 0 Å². The molecule has 1 rings (SSSR count). The van der Waals surface area contributed by atoms with Crippen molar-refractivity contribution in [3.63, 3.8) is 0 Å². The number of hydrogen-bond donors (Lipinski definition) is 2. The molecule has 0 aliphatic carbocycles. The zero-order chi connectivity index (χ0) is 11.1. The molecule has 15 heavy (non-hydrogen) atoms. The van der Waals surface area contributed by atoms with Gasteiger partial charge in [0.05, 0.1) is 0 Å². The van der Waals surface area contributed by atoms with Gasteiger partial charge < -0.3 is 5.21 Å². The lowest BCUT2D eigenvalue weighted by atomic mass is 10.0. The third-order valence-corrected chi connectivity index (χ3v) is 3.53. The van der Waals surface area contributed by atoms with Crippen LogP contribution in [-0.2, 0) is 13.0 Å². The minimum Gasteiger partial charge on any atom is -0.316 e. The van der Waals surface area contributed by atoms with Gasteiger partial charge in [-0.3, -0.25) is 0 Å². The molecule has 0 aromatic heterocycles. The average molecular weight is 319 g/mol. The van der Waals surface area contributed by atoms with E-state index in [4.69, 9.17) is 5.21 Å². The quantitative estimate of drug-likeness (QED) is 0.478. The summed E-state index contributed by atoms with van der Waals surface area (Å²) >= 11 is 2.32. The molecule has 0 spiro atoms. The monoisotopic (exact) mass is 319 g/mol. The average Bonchev–Trinajstić information content (AvgIpc) is 2.23. The fraction of sp³-hybridized carbons (Fsp3) is 0.500. The van der Waals surface area contributed by atoms with Crippen LogP contribution >= 0.6 is 22.6 Å². The van der Waals surface area contributed by atoms with E-state index in [0.717, 1.165) is 6.42 Å². The normalized spacial score (nSPS) is 10.6. The zero-order valence-electron chi connectivity index (χ0n) is 9.09. The van der Waals surface area contributed by atoms with Gasteiger partial charge in [-0.2, -0.15) is 0 Å². The smallest absolute Gasteiger partial charge is 0.0471 e. The van der Waals surface area contributed by atoms with Gasteiger partial charge in [0.15, 0.2) is 0 Å². The number of hydrogen-bond acceptors (Lipinski definition) is 2. The molecule has 0 amide bonds. The molecule has 0 saturated carbocycles. The van der Waals surface area contributed by atoms with E-state index < -0.39 is 0 Å². The molecule has 0 saturated heterocycles. The van der Waals surface area contributed by atoms with Gasteiger partial charge in [0, 0.05) is 10.1 Å². The predicted molar refractivity (Wildman–Crippen MR) is 71.0 cm³/mol. The molecule has 0 atom stereocenters. The second kappa shape index (κ2) is 7.19. The van der Waals surface area contributed by atoms with Crippen LogP contribution < -0.4 is 5.48 Å². The van der Waals surface area contributed by atoms with Crippen molar-refractivity contribution in [2.75, 3.05) is 0 Å². The van der Waals surface area contributed by atoms with Gasteiger partial charge in [0.2, 0.25) is 0 Å². The highest BCUT2D eigenvalue weighted by atomic mass is 127. The number of rotatable bonds is 6. The van der Waals surface area contributed by atoms with E-state index in [1.165, 1.54) is 34.0 Å². The Morgan fingerprint density at radius 2 is 2.13 bits per heavy atom. The maximum absolute atomic E-state index is 8.79. The van der Waals surface area contributed by atoms with Crippen molar-refractivity contribution in [1.82, 2.24) is 5.48 Å². The number of unbranched alkanes of at least 4 members (excludes halogenated alkanes) is 2. The van der Waals surface area contributed by atoms with Gasteiger partial charge in [-0.15, -0.1) is 0 Å². The van der Waals surface area contributed by atoms with E-state index >= 15 is 0 Å². The molecular formula is C12H18INO. The van der Waals surface area contributed by atoms with Crippen LogP contribution in [0.1, 0.15) is 37.3 Å². The summed E-state index contributed by atoms with van der Waals surface area (Å²) in [5.74, 6) is 0. The van der Waals surface area contributed by atoms with Crippen molar-refractivity contribution < 1.29 is 5.21 Å². The fourth-order valence-corrected chi connectivity index (χ4v) is 2.42. The van der Waals surface area contributed by atoms with Crippen molar-refractivity contribution in [3.05, 3.63) is 32.9 Å². The number of hydroxylamine groups is 1. The minimum atomic E-state index is 0.542. The first-order valence-electron chi connectivity index (χ1n) is 5.42. The van der Waals surface area contributed by atoms with E-state index in [0.29, 0.717) is 6.54 Å². The van der Waals surface area contributed by atoms with E-state index in [1.54, 1.807) is 0 Å². The first-order chi connectivity index (χ1) is 7.29. The minimum absolute atomic E-state index is 0.542. The summed E-state index contributed by atoms with van der Waals surface area (Å²) in [4.78, 5) is 0. The van der Waals surface area contributed by atoms with Crippen LogP contribution in [-0.4, -0.2) is 5.21 Å². The maximum Gasteiger partial charge on any atom is 0.0471 e. The number of halogens is 1. The van der Waals surface area contributed by atoms with Crippen molar-refractivity contribution in [1.29, 1.82) is 0 Å². The van der Waals surface area contributed by atoms with Crippen LogP contribution in [0.2, 0.25) is 0 Å². The molecule has 0 bridgehead atoms. The Balaban J connectivity index is 2.71. The van der Waals surface area contributed by atoms with Crippen LogP contribution in [0.3, 0.4) is 0 Å². The molecule has 84 valence electrons. The molecule has 1 aromatic rings. The summed E-state index contributed by atoms with van der Waals surface area (Å²) in [6.07, 6.45) is 4.87. The second-order valence-corrected chi connectivity index (χ2v) is 4.83. The van der Waals surface area contributed by atoms with Crippen LogP contribution in [0.25, 0.3) is 0 Å². The lowest BCUT2D eigenvalue weighted by molar-refractivity contribution is 0.160. The van der Waals surface area contributed by atoms with Crippen LogP contribution in [0.4, 0.5) is 0 Å². The van der Waals surface area contributed by atoms with Crippen LogP contribution in [0, 0.1) is 3.57 Å². The highest BCUT2D eigenvalue weighted by Crippen LogP contribution is 2.19. The van der Waals surface area contributed by atoms with Crippen molar-refractivity contribution in [3.8, 4) is 0 Å². The number of aryl methyl sites for hydroxylation is 1. The maximum atomic E-state index is 8.79. The highest BCUT2D eigenvalue weighted by Gasteiger charge is 2.05. The van der Waals surface area contributed by atoms with Crippen molar-refractivity contribution in [2.24, 2.45) is 0 Å². The predicted octanol–water partition coefficient (Wildman–Crippen LogP) is 3.50. The summed E-state index contributed by atoms with van der Waals surface area (Å²) in [5, 5.41) is 8.79. The van der Waals surface area contributed by atoms with Gasteiger partial charge in [-0.1, -0.05) is 31.9 Å².